The number of nitro groups is 1. The van der Waals surface area contributed by atoms with Gasteiger partial charge < -0.3 is 14.8 Å². The molecule has 96 valence electrons. The molecule has 1 atom stereocenters. The van der Waals surface area contributed by atoms with Crippen molar-refractivity contribution >= 4 is 11.8 Å². The summed E-state index contributed by atoms with van der Waals surface area (Å²) >= 11 is 0. The molecular formula is C11H12N2O5. The number of alkyl carbamates (subject to hydrolysis) is 1. The van der Waals surface area contributed by atoms with Crippen molar-refractivity contribution in [3.05, 3.63) is 39.9 Å². The van der Waals surface area contributed by atoms with E-state index in [-0.39, 0.29) is 18.4 Å². The Kier molecular flexibility index (Phi) is 3.73. The number of rotatable bonds is 5. The van der Waals surface area contributed by atoms with E-state index in [0.717, 1.165) is 0 Å². The van der Waals surface area contributed by atoms with Crippen molar-refractivity contribution in [1.82, 2.24) is 5.32 Å². The molecule has 2 rings (SSSR count). The van der Waals surface area contributed by atoms with E-state index < -0.39 is 11.0 Å². The number of carbonyl (C=O) groups is 1. The smallest absolute Gasteiger partial charge is 0.407 e. The summed E-state index contributed by atoms with van der Waals surface area (Å²) in [7, 11) is 0. The van der Waals surface area contributed by atoms with Gasteiger partial charge >= 0.3 is 6.09 Å². The third kappa shape index (κ3) is 3.70. The van der Waals surface area contributed by atoms with E-state index in [0.29, 0.717) is 18.7 Å². The van der Waals surface area contributed by atoms with Gasteiger partial charge in [0.15, 0.2) is 0 Å². The molecule has 0 unspecified atom stereocenters. The van der Waals surface area contributed by atoms with Crippen molar-refractivity contribution < 1.29 is 19.2 Å². The van der Waals surface area contributed by atoms with E-state index in [1.807, 2.05) is 0 Å². The highest BCUT2D eigenvalue weighted by molar-refractivity contribution is 5.67. The molecule has 0 spiro atoms. The second-order valence-electron chi connectivity index (χ2n) is 3.84. The Morgan fingerprint density at radius 2 is 2.39 bits per heavy atom. The van der Waals surface area contributed by atoms with Gasteiger partial charge in [-0.2, -0.15) is 0 Å². The van der Waals surface area contributed by atoms with Crippen LogP contribution in [-0.4, -0.2) is 30.3 Å². The maximum Gasteiger partial charge on any atom is 0.407 e. The lowest BCUT2D eigenvalue weighted by Crippen LogP contribution is -2.27. The maximum absolute atomic E-state index is 11.2. The van der Waals surface area contributed by atoms with Crippen molar-refractivity contribution in [2.24, 2.45) is 0 Å². The van der Waals surface area contributed by atoms with E-state index in [9.17, 15) is 14.9 Å². The minimum atomic E-state index is -0.558. The van der Waals surface area contributed by atoms with Crippen molar-refractivity contribution in [1.29, 1.82) is 0 Å². The van der Waals surface area contributed by atoms with Crippen LogP contribution in [0.5, 0.6) is 0 Å². The van der Waals surface area contributed by atoms with E-state index >= 15 is 0 Å². The number of nitrogens with one attached hydrogen (secondary N) is 1. The summed E-state index contributed by atoms with van der Waals surface area (Å²) in [4.78, 5) is 21.3. The molecule has 1 aromatic rings. The normalized spacial score (nSPS) is 17.0. The van der Waals surface area contributed by atoms with Crippen LogP contribution < -0.4 is 5.32 Å². The second kappa shape index (κ2) is 5.46. The molecule has 7 nitrogen and oxygen atoms in total. The Hall–Kier alpha value is -2.15. The highest BCUT2D eigenvalue weighted by Gasteiger charge is 2.22. The Morgan fingerprint density at radius 1 is 1.61 bits per heavy atom. The number of carbonyl (C=O) groups excluding carboxylic acids is 1. The summed E-state index contributed by atoms with van der Waals surface area (Å²) in [6.45, 7) is 1.08. The quantitative estimate of drug-likeness (QED) is 0.483. The van der Waals surface area contributed by atoms with Crippen LogP contribution >= 0.6 is 0 Å². The zero-order chi connectivity index (χ0) is 13.0. The summed E-state index contributed by atoms with van der Waals surface area (Å²) in [6.07, 6.45) is -0.465. The molecule has 1 aromatic carbocycles. The Labute approximate surface area is 103 Å². The number of non-ortho nitro benzene ring substituents is 1. The number of hydrogen-bond acceptors (Lipinski definition) is 5. The molecule has 1 fully saturated rings. The van der Waals surface area contributed by atoms with Gasteiger partial charge in [-0.25, -0.2) is 4.79 Å². The predicted molar refractivity (Wildman–Crippen MR) is 61.0 cm³/mol. The van der Waals surface area contributed by atoms with Crippen molar-refractivity contribution in [3.8, 4) is 0 Å². The topological polar surface area (TPSA) is 94.0 Å². The van der Waals surface area contributed by atoms with Crippen LogP contribution in [0, 0.1) is 10.1 Å². The third-order valence-corrected chi connectivity index (χ3v) is 2.37. The standard InChI is InChI=1S/C11H12N2O5/c14-11(12-5-10-7-17-10)18-6-8-2-1-3-9(4-8)13(15)16/h1-4,10H,5-7H2,(H,12,14)/t10-/m1/s1. The SMILES string of the molecule is O=C(NC[C@@H]1CO1)OCc1cccc([N+](=O)[O-])c1. The van der Waals surface area contributed by atoms with Gasteiger partial charge in [0.05, 0.1) is 17.6 Å². The summed E-state index contributed by atoms with van der Waals surface area (Å²) < 4.78 is 9.83. The molecular weight excluding hydrogens is 240 g/mol. The van der Waals surface area contributed by atoms with Gasteiger partial charge in [0, 0.05) is 18.7 Å². The summed E-state index contributed by atoms with van der Waals surface area (Å²) in [5, 5.41) is 13.1. The van der Waals surface area contributed by atoms with E-state index in [2.05, 4.69) is 5.32 Å². The average molecular weight is 252 g/mol. The molecule has 0 bridgehead atoms. The van der Waals surface area contributed by atoms with Crippen LogP contribution in [0.4, 0.5) is 10.5 Å². The molecule has 0 saturated carbocycles. The molecule has 1 aliphatic rings. The zero-order valence-electron chi connectivity index (χ0n) is 9.50. The minimum absolute atomic E-state index is 0.000955. The molecule has 0 aromatic heterocycles. The van der Waals surface area contributed by atoms with Crippen LogP contribution in [0.2, 0.25) is 0 Å². The lowest BCUT2D eigenvalue weighted by atomic mass is 10.2. The molecule has 18 heavy (non-hydrogen) atoms. The molecule has 7 heteroatoms. The number of amides is 1. The van der Waals surface area contributed by atoms with E-state index in [1.165, 1.54) is 12.1 Å². The first-order valence-corrected chi connectivity index (χ1v) is 5.41. The number of hydrogen-bond donors (Lipinski definition) is 1. The van der Waals surface area contributed by atoms with E-state index in [4.69, 9.17) is 9.47 Å². The maximum atomic E-state index is 11.2. The molecule has 1 amide bonds. The number of epoxide rings is 1. The molecule has 0 aliphatic carbocycles. The number of benzene rings is 1. The molecule has 1 saturated heterocycles. The Bertz CT molecular complexity index is 459. The fraction of sp³-hybridized carbons (Fsp3) is 0.364. The largest absolute Gasteiger partial charge is 0.445 e. The minimum Gasteiger partial charge on any atom is -0.445 e. The monoisotopic (exact) mass is 252 g/mol. The average Bonchev–Trinajstić information content (AvgIpc) is 3.18. The molecule has 1 heterocycles. The predicted octanol–water partition coefficient (Wildman–Crippen LogP) is 1.22. The number of ether oxygens (including phenoxy) is 2. The Balaban J connectivity index is 1.79. The van der Waals surface area contributed by atoms with Crippen molar-refractivity contribution in [3.63, 3.8) is 0 Å². The fourth-order valence-electron chi connectivity index (χ4n) is 1.34. The van der Waals surface area contributed by atoms with Crippen LogP contribution in [-0.2, 0) is 16.1 Å². The molecule has 1 aliphatic heterocycles. The second-order valence-corrected chi connectivity index (χ2v) is 3.84. The molecule has 1 N–H and O–H groups in total. The van der Waals surface area contributed by atoms with Gasteiger partial charge in [-0.1, -0.05) is 12.1 Å². The van der Waals surface area contributed by atoms with Crippen LogP contribution in [0.1, 0.15) is 5.56 Å². The fourth-order valence-corrected chi connectivity index (χ4v) is 1.34. The van der Waals surface area contributed by atoms with Crippen LogP contribution in [0.15, 0.2) is 24.3 Å². The van der Waals surface area contributed by atoms with Crippen molar-refractivity contribution in [2.45, 2.75) is 12.7 Å². The lowest BCUT2D eigenvalue weighted by Gasteiger charge is -2.05. The van der Waals surface area contributed by atoms with Gasteiger partial charge in [0.25, 0.3) is 5.69 Å². The van der Waals surface area contributed by atoms with Gasteiger partial charge in [0.2, 0.25) is 0 Å². The lowest BCUT2D eigenvalue weighted by molar-refractivity contribution is -0.384. The summed E-state index contributed by atoms with van der Waals surface area (Å²) in [5.41, 5.74) is 0.546. The first kappa shape index (κ1) is 12.3. The number of nitrogens with zero attached hydrogens (tertiary/aromatic N) is 1. The van der Waals surface area contributed by atoms with Crippen LogP contribution in [0.3, 0.4) is 0 Å². The van der Waals surface area contributed by atoms with Gasteiger partial charge in [-0.3, -0.25) is 10.1 Å². The third-order valence-electron chi connectivity index (χ3n) is 2.37. The van der Waals surface area contributed by atoms with E-state index in [1.54, 1.807) is 12.1 Å². The number of nitro benzene ring substituents is 1. The van der Waals surface area contributed by atoms with Crippen LogP contribution in [0.25, 0.3) is 0 Å². The van der Waals surface area contributed by atoms with Crippen molar-refractivity contribution in [2.75, 3.05) is 13.2 Å². The zero-order valence-corrected chi connectivity index (χ0v) is 9.50. The first-order chi connectivity index (χ1) is 8.65. The summed E-state index contributed by atoms with van der Waals surface area (Å²) in [6, 6.07) is 5.96. The highest BCUT2D eigenvalue weighted by atomic mass is 16.6. The van der Waals surface area contributed by atoms with Gasteiger partial charge in [-0.15, -0.1) is 0 Å². The summed E-state index contributed by atoms with van der Waals surface area (Å²) in [5.74, 6) is 0. The first-order valence-electron chi connectivity index (χ1n) is 5.41. The molecule has 0 radical (unpaired) electrons. The van der Waals surface area contributed by atoms with Gasteiger partial charge in [0.1, 0.15) is 6.61 Å². The highest BCUT2D eigenvalue weighted by Crippen LogP contribution is 2.13. The van der Waals surface area contributed by atoms with Gasteiger partial charge in [-0.05, 0) is 5.56 Å². The Morgan fingerprint density at radius 3 is 3.06 bits per heavy atom.